The average molecular weight is 811 g/mol. The number of amides is 4. The van der Waals surface area contributed by atoms with E-state index in [4.69, 9.17) is 9.47 Å². The van der Waals surface area contributed by atoms with E-state index in [9.17, 15) is 24.0 Å². The summed E-state index contributed by atoms with van der Waals surface area (Å²) >= 11 is 0. The van der Waals surface area contributed by atoms with Crippen molar-refractivity contribution in [3.8, 4) is 11.1 Å². The van der Waals surface area contributed by atoms with Crippen LogP contribution in [-0.2, 0) is 41.7 Å². The van der Waals surface area contributed by atoms with Gasteiger partial charge in [-0.25, -0.2) is 9.59 Å². The molecule has 312 valence electrons. The molecule has 3 heterocycles. The van der Waals surface area contributed by atoms with Crippen molar-refractivity contribution >= 4 is 29.8 Å². The molecule has 0 saturated carbocycles. The second-order valence-corrected chi connectivity index (χ2v) is 16.5. The first-order valence-corrected chi connectivity index (χ1v) is 21.5. The third kappa shape index (κ3) is 8.53. The van der Waals surface area contributed by atoms with Crippen LogP contribution in [0.25, 0.3) is 11.1 Å². The van der Waals surface area contributed by atoms with Gasteiger partial charge in [0.25, 0.3) is 0 Å². The number of carbonyl (C=O) groups excluding carboxylic acids is 5. The molecular formula is C49H54N4O7. The Morgan fingerprint density at radius 3 is 1.82 bits per heavy atom. The highest BCUT2D eigenvalue weighted by atomic mass is 16.6. The van der Waals surface area contributed by atoms with Gasteiger partial charge in [-0.1, -0.05) is 109 Å². The Labute approximate surface area is 352 Å². The molecule has 11 nitrogen and oxygen atoms in total. The largest absolute Gasteiger partial charge is 0.459 e. The number of benzene rings is 4. The molecule has 11 heteroatoms. The molecule has 4 atom stereocenters. The molecule has 4 aromatic carbocycles. The van der Waals surface area contributed by atoms with Crippen LogP contribution in [0.4, 0.5) is 4.79 Å². The van der Waals surface area contributed by atoms with Crippen LogP contribution in [0.1, 0.15) is 79.5 Å². The molecule has 4 amide bonds. The lowest BCUT2D eigenvalue weighted by atomic mass is 9.95. The molecule has 4 aromatic rings. The number of ether oxygens (including phenoxy) is 2. The lowest BCUT2D eigenvalue weighted by molar-refractivity contribution is -0.159. The van der Waals surface area contributed by atoms with Crippen LogP contribution in [-0.4, -0.2) is 107 Å². The minimum atomic E-state index is -0.923. The highest BCUT2D eigenvalue weighted by Gasteiger charge is 2.45. The fourth-order valence-electron chi connectivity index (χ4n) is 9.63. The SMILES string of the molecule is CN(C(=O)[C@@H]1CCCCN1C(=O)[C@H]1CCCCN1C(=O)OCC1c2ccccc2-c2ccccc21)[C@H](Cc1ccccc1)C(=O)N1CCC[C@H]1C(=O)OCc1ccccc1. The van der Waals surface area contributed by atoms with Crippen molar-refractivity contribution in [3.63, 3.8) is 0 Å². The number of likely N-dealkylation sites (tertiary alicyclic amines) is 3. The lowest BCUT2D eigenvalue weighted by Crippen LogP contribution is -2.61. The molecule has 3 fully saturated rings. The molecule has 4 aliphatic rings. The van der Waals surface area contributed by atoms with E-state index in [1.54, 1.807) is 21.7 Å². The van der Waals surface area contributed by atoms with Crippen LogP contribution in [0, 0.1) is 0 Å². The van der Waals surface area contributed by atoms with Gasteiger partial charge < -0.3 is 24.2 Å². The second kappa shape index (κ2) is 18.5. The second-order valence-electron chi connectivity index (χ2n) is 16.5. The van der Waals surface area contributed by atoms with Crippen LogP contribution >= 0.6 is 0 Å². The number of likely N-dealkylation sites (N-methyl/N-ethyl adjacent to an activating group) is 1. The Bertz CT molecular complexity index is 2130. The van der Waals surface area contributed by atoms with E-state index in [0.29, 0.717) is 45.3 Å². The molecule has 3 aliphatic heterocycles. The Hall–Kier alpha value is -5.97. The Morgan fingerprint density at radius 1 is 0.600 bits per heavy atom. The van der Waals surface area contributed by atoms with Crippen molar-refractivity contribution in [2.45, 2.75) is 94.5 Å². The molecule has 0 unspecified atom stereocenters. The molecule has 0 aromatic heterocycles. The van der Waals surface area contributed by atoms with Crippen LogP contribution in [0.3, 0.4) is 0 Å². The summed E-state index contributed by atoms with van der Waals surface area (Å²) in [5.41, 5.74) is 6.24. The van der Waals surface area contributed by atoms with E-state index < -0.39 is 36.2 Å². The van der Waals surface area contributed by atoms with Crippen molar-refractivity contribution in [2.75, 3.05) is 33.3 Å². The summed E-state index contributed by atoms with van der Waals surface area (Å²) < 4.78 is 11.7. The van der Waals surface area contributed by atoms with Gasteiger partial charge in [0, 0.05) is 39.0 Å². The maximum Gasteiger partial charge on any atom is 0.410 e. The number of hydrogen-bond donors (Lipinski definition) is 0. The van der Waals surface area contributed by atoms with Crippen molar-refractivity contribution in [3.05, 3.63) is 131 Å². The maximum atomic E-state index is 14.8. The number of fused-ring (bicyclic) bond motifs is 3. The summed E-state index contributed by atoms with van der Waals surface area (Å²) in [6.07, 6.45) is 4.73. The summed E-state index contributed by atoms with van der Waals surface area (Å²) in [5, 5.41) is 0. The van der Waals surface area contributed by atoms with E-state index in [0.717, 1.165) is 59.1 Å². The van der Waals surface area contributed by atoms with Gasteiger partial charge in [0.05, 0.1) is 0 Å². The van der Waals surface area contributed by atoms with Crippen LogP contribution in [0.2, 0.25) is 0 Å². The van der Waals surface area contributed by atoms with Gasteiger partial charge in [0.2, 0.25) is 17.7 Å². The number of piperidine rings is 2. The van der Waals surface area contributed by atoms with E-state index in [2.05, 4.69) is 24.3 Å². The first kappa shape index (κ1) is 40.8. The van der Waals surface area contributed by atoms with E-state index >= 15 is 0 Å². The fourth-order valence-corrected chi connectivity index (χ4v) is 9.63. The Balaban J connectivity index is 0.974. The quantitative estimate of drug-likeness (QED) is 0.150. The van der Waals surface area contributed by atoms with Crippen LogP contribution < -0.4 is 0 Å². The van der Waals surface area contributed by atoms with Gasteiger partial charge in [0.15, 0.2) is 0 Å². The number of nitrogens with zero attached hydrogens (tertiary/aromatic N) is 4. The summed E-state index contributed by atoms with van der Waals surface area (Å²) in [4.78, 5) is 77.7. The number of hydrogen-bond acceptors (Lipinski definition) is 7. The number of carbonyl (C=O) groups is 5. The summed E-state index contributed by atoms with van der Waals surface area (Å²) in [6, 6.07) is 32.1. The van der Waals surface area contributed by atoms with Gasteiger partial charge >= 0.3 is 12.1 Å². The predicted octanol–water partition coefficient (Wildman–Crippen LogP) is 6.98. The Morgan fingerprint density at radius 2 is 1.15 bits per heavy atom. The first-order valence-electron chi connectivity index (χ1n) is 21.5. The normalized spacial score (nSPS) is 20.5. The molecule has 1 aliphatic carbocycles. The van der Waals surface area contributed by atoms with Gasteiger partial charge in [-0.2, -0.15) is 0 Å². The van der Waals surface area contributed by atoms with Gasteiger partial charge in [-0.05, 0) is 84.7 Å². The van der Waals surface area contributed by atoms with Crippen molar-refractivity contribution in [1.29, 1.82) is 0 Å². The fraction of sp³-hybridized carbons (Fsp3) is 0.408. The smallest absolute Gasteiger partial charge is 0.410 e. The number of rotatable bonds is 11. The zero-order chi connectivity index (χ0) is 41.6. The first-order chi connectivity index (χ1) is 29.3. The predicted molar refractivity (Wildman–Crippen MR) is 226 cm³/mol. The Kier molecular flexibility index (Phi) is 12.6. The molecular weight excluding hydrogens is 757 g/mol. The highest BCUT2D eigenvalue weighted by molar-refractivity contribution is 5.95. The highest BCUT2D eigenvalue weighted by Crippen LogP contribution is 2.44. The minimum Gasteiger partial charge on any atom is -0.459 e. The summed E-state index contributed by atoms with van der Waals surface area (Å²) in [7, 11) is 1.63. The third-order valence-electron chi connectivity index (χ3n) is 12.8. The minimum absolute atomic E-state index is 0.106. The van der Waals surface area contributed by atoms with Crippen LogP contribution in [0.15, 0.2) is 109 Å². The summed E-state index contributed by atoms with van der Waals surface area (Å²) in [6.45, 7) is 1.39. The lowest BCUT2D eigenvalue weighted by Gasteiger charge is -2.43. The standard InChI is InChI=1S/C49H54N4O7/c1-50(44(31-34-17-4-2-5-18-34)47(56)52-30-16-27-43(52)48(57)59-32-35-19-6-3-7-20-35)45(54)41-25-12-14-28-51(41)46(55)42-26-13-15-29-53(42)49(58)60-33-40-38-23-10-8-21-36(38)37-22-9-11-24-39(37)40/h2-11,17-24,40-44H,12-16,25-33H2,1H3/t41-,42+,43-,44+/m0/s1. The molecule has 0 bridgehead atoms. The van der Waals surface area contributed by atoms with Crippen LogP contribution in [0.5, 0.6) is 0 Å². The molecule has 3 saturated heterocycles. The molecule has 0 radical (unpaired) electrons. The van der Waals surface area contributed by atoms with Gasteiger partial charge in [-0.15, -0.1) is 0 Å². The van der Waals surface area contributed by atoms with Crippen molar-refractivity contribution in [2.24, 2.45) is 0 Å². The monoisotopic (exact) mass is 810 g/mol. The van der Waals surface area contributed by atoms with E-state index in [1.807, 2.05) is 84.9 Å². The topological polar surface area (TPSA) is 117 Å². The number of esters is 1. The van der Waals surface area contributed by atoms with Gasteiger partial charge in [0.1, 0.15) is 37.4 Å². The molecule has 60 heavy (non-hydrogen) atoms. The third-order valence-corrected chi connectivity index (χ3v) is 12.8. The summed E-state index contributed by atoms with van der Waals surface area (Å²) in [5.74, 6) is -1.49. The van der Waals surface area contributed by atoms with E-state index in [-0.39, 0.29) is 43.3 Å². The van der Waals surface area contributed by atoms with Crippen molar-refractivity contribution in [1.82, 2.24) is 19.6 Å². The molecule has 0 N–H and O–H groups in total. The van der Waals surface area contributed by atoms with E-state index in [1.165, 1.54) is 4.90 Å². The zero-order valence-electron chi connectivity index (χ0n) is 34.3. The van der Waals surface area contributed by atoms with Gasteiger partial charge in [-0.3, -0.25) is 19.3 Å². The molecule has 8 rings (SSSR count). The van der Waals surface area contributed by atoms with Crippen molar-refractivity contribution < 1.29 is 33.4 Å². The maximum absolute atomic E-state index is 14.8. The zero-order valence-corrected chi connectivity index (χ0v) is 34.3. The average Bonchev–Trinajstić information content (AvgIpc) is 3.93. The molecule has 0 spiro atoms.